The van der Waals surface area contributed by atoms with Crippen molar-refractivity contribution in [2.45, 2.75) is 44.6 Å². The fourth-order valence-corrected chi connectivity index (χ4v) is 6.55. The van der Waals surface area contributed by atoms with Gasteiger partial charge in [0.05, 0.1) is 32.9 Å². The zero-order valence-electron chi connectivity index (χ0n) is 22.7. The van der Waals surface area contributed by atoms with E-state index in [-0.39, 0.29) is 23.1 Å². The van der Waals surface area contributed by atoms with Crippen molar-refractivity contribution < 1.29 is 19.0 Å². The molecule has 1 aliphatic rings. The minimum absolute atomic E-state index is 0.133. The molecule has 0 radical (unpaired) electrons. The van der Waals surface area contributed by atoms with E-state index in [0.29, 0.717) is 56.5 Å². The highest BCUT2D eigenvalue weighted by molar-refractivity contribution is 6.38. The number of carbonyl (C=O) groups is 1. The summed E-state index contributed by atoms with van der Waals surface area (Å²) < 4.78 is 21.5. The second kappa shape index (κ2) is 13.5. The Labute approximate surface area is 258 Å². The first-order valence-corrected chi connectivity index (χ1v) is 15.1. The first-order chi connectivity index (χ1) is 20.2. The van der Waals surface area contributed by atoms with Crippen LogP contribution in [0.15, 0.2) is 65.5 Å². The van der Waals surface area contributed by atoms with Crippen molar-refractivity contribution in [3.63, 3.8) is 0 Å². The van der Waals surface area contributed by atoms with Crippen molar-refractivity contribution >= 4 is 51.7 Å². The monoisotopic (exact) mass is 630 g/mol. The molecule has 0 unspecified atom stereocenters. The molecular weight excluding hydrogens is 602 g/mol. The van der Waals surface area contributed by atoms with Gasteiger partial charge in [0.25, 0.3) is 5.56 Å². The van der Waals surface area contributed by atoms with Crippen molar-refractivity contribution in [1.82, 2.24) is 9.88 Å². The molecule has 220 valence electrons. The lowest BCUT2D eigenvalue weighted by atomic mass is 9.84. The minimum atomic E-state index is -0.825. The van der Waals surface area contributed by atoms with Crippen LogP contribution in [0.2, 0.25) is 15.1 Å². The number of carboxylic acids is 1. The molecule has 1 heterocycles. The number of pyridine rings is 1. The number of para-hydroxylation sites is 1. The van der Waals surface area contributed by atoms with Gasteiger partial charge in [0.1, 0.15) is 17.6 Å². The molecule has 3 aromatic carbocycles. The Balaban J connectivity index is 1.48. The van der Waals surface area contributed by atoms with Crippen LogP contribution >= 0.6 is 34.8 Å². The number of carboxylic acid groups (broad SMARTS) is 1. The van der Waals surface area contributed by atoms with Gasteiger partial charge in [-0.3, -0.25) is 14.2 Å². The van der Waals surface area contributed by atoms with E-state index < -0.39 is 17.8 Å². The van der Waals surface area contributed by atoms with Crippen molar-refractivity contribution in [3.05, 3.63) is 91.9 Å². The first kappa shape index (κ1) is 30.4. The Morgan fingerprint density at radius 1 is 0.976 bits per heavy atom. The second-order valence-corrected chi connectivity index (χ2v) is 11.7. The average Bonchev–Trinajstić information content (AvgIpc) is 2.96. The summed E-state index contributed by atoms with van der Waals surface area (Å²) in [6.07, 6.45) is 5.67. The minimum Gasteiger partial charge on any atom is -0.493 e. The standard InChI is InChI=1S/C32H30Cl3FN2O4/c33-25-8-4-9-26(34)31(25)38-28-18-21(42-15-5-14-37-30(32(40)41)19-6-2-1-3-7-19)17-24(23(28)12-13-29(38)39)22-11-10-20(36)16-27(22)35/h4,8-13,16-19,30,37H,1-3,5-7,14-15H2,(H,40,41)/t30-/m0/s1. The highest BCUT2D eigenvalue weighted by Gasteiger charge is 2.28. The van der Waals surface area contributed by atoms with Crippen molar-refractivity contribution in [2.24, 2.45) is 5.92 Å². The molecule has 6 nitrogen and oxygen atoms in total. The van der Waals surface area contributed by atoms with Crippen LogP contribution in [-0.2, 0) is 4.79 Å². The fraction of sp³-hybridized carbons (Fsp3) is 0.312. The molecule has 10 heteroatoms. The van der Waals surface area contributed by atoms with Gasteiger partial charge in [0.15, 0.2) is 0 Å². The highest BCUT2D eigenvalue weighted by atomic mass is 35.5. The number of nitrogens with zero attached hydrogens (tertiary/aromatic N) is 1. The van der Waals surface area contributed by atoms with Crippen LogP contribution in [0.3, 0.4) is 0 Å². The maximum atomic E-state index is 13.9. The topological polar surface area (TPSA) is 80.6 Å². The number of ether oxygens (including phenoxy) is 1. The SMILES string of the molecule is O=C(O)[C@@H](NCCCOc1cc(-c2ccc(F)cc2Cl)c2ccc(=O)n(-c3c(Cl)cccc3Cl)c2c1)C1CCCCC1. The van der Waals surface area contributed by atoms with E-state index in [1.807, 2.05) is 0 Å². The lowest BCUT2D eigenvalue weighted by Crippen LogP contribution is -2.44. The number of aliphatic carboxylic acids is 1. The van der Waals surface area contributed by atoms with E-state index in [2.05, 4.69) is 5.32 Å². The number of rotatable bonds is 10. The van der Waals surface area contributed by atoms with Crippen LogP contribution in [-0.4, -0.2) is 34.8 Å². The van der Waals surface area contributed by atoms with Gasteiger partial charge >= 0.3 is 5.97 Å². The zero-order chi connectivity index (χ0) is 29.8. The molecule has 1 aromatic heterocycles. The van der Waals surface area contributed by atoms with Crippen LogP contribution in [0.1, 0.15) is 38.5 Å². The molecule has 0 amide bonds. The van der Waals surface area contributed by atoms with Crippen LogP contribution in [0.4, 0.5) is 4.39 Å². The Kier molecular flexibility index (Phi) is 9.74. The van der Waals surface area contributed by atoms with Gasteiger partial charge in [-0.2, -0.15) is 0 Å². The van der Waals surface area contributed by atoms with Gasteiger partial charge in [0.2, 0.25) is 0 Å². The molecule has 0 bridgehead atoms. The molecule has 0 spiro atoms. The lowest BCUT2D eigenvalue weighted by Gasteiger charge is -2.28. The largest absolute Gasteiger partial charge is 0.493 e. The third kappa shape index (κ3) is 6.60. The summed E-state index contributed by atoms with van der Waals surface area (Å²) in [6, 6.07) is 15.2. The predicted molar refractivity (Wildman–Crippen MR) is 166 cm³/mol. The fourth-order valence-electron chi connectivity index (χ4n) is 5.71. The number of hydrogen-bond donors (Lipinski definition) is 2. The number of benzene rings is 3. The number of fused-ring (bicyclic) bond motifs is 1. The van der Waals surface area contributed by atoms with Gasteiger partial charge in [-0.05, 0) is 79.8 Å². The number of aromatic nitrogens is 1. The van der Waals surface area contributed by atoms with E-state index >= 15 is 0 Å². The Morgan fingerprint density at radius 3 is 2.40 bits per heavy atom. The molecule has 0 aliphatic heterocycles. The van der Waals surface area contributed by atoms with Crippen LogP contribution in [0, 0.1) is 11.7 Å². The summed E-state index contributed by atoms with van der Waals surface area (Å²) in [6.45, 7) is 0.758. The molecule has 4 aromatic rings. The maximum Gasteiger partial charge on any atom is 0.320 e. The molecular formula is C32H30Cl3FN2O4. The zero-order valence-corrected chi connectivity index (χ0v) is 25.0. The molecule has 1 saturated carbocycles. The van der Waals surface area contributed by atoms with E-state index in [9.17, 15) is 19.1 Å². The Bertz CT molecular complexity index is 1650. The van der Waals surface area contributed by atoms with Crippen LogP contribution in [0.25, 0.3) is 27.7 Å². The summed E-state index contributed by atoms with van der Waals surface area (Å²) in [7, 11) is 0. The van der Waals surface area contributed by atoms with E-state index in [1.165, 1.54) is 22.8 Å². The third-order valence-corrected chi connectivity index (χ3v) is 8.63. The molecule has 1 fully saturated rings. The maximum absolute atomic E-state index is 13.9. The van der Waals surface area contributed by atoms with Gasteiger partial charge in [0, 0.05) is 23.1 Å². The van der Waals surface area contributed by atoms with Gasteiger partial charge in [-0.15, -0.1) is 0 Å². The van der Waals surface area contributed by atoms with Gasteiger partial charge in [-0.1, -0.05) is 60.1 Å². The molecule has 1 atom stereocenters. The van der Waals surface area contributed by atoms with Crippen LogP contribution < -0.4 is 15.6 Å². The molecule has 42 heavy (non-hydrogen) atoms. The smallest absolute Gasteiger partial charge is 0.320 e. The van der Waals surface area contributed by atoms with Gasteiger partial charge in [-0.25, -0.2) is 4.39 Å². The molecule has 1 aliphatic carbocycles. The lowest BCUT2D eigenvalue weighted by molar-refractivity contribution is -0.141. The Hall–Kier alpha value is -3.10. The summed E-state index contributed by atoms with van der Waals surface area (Å²) in [4.78, 5) is 25.1. The number of halogens is 4. The normalized spacial score (nSPS) is 14.7. The molecule has 2 N–H and O–H groups in total. The number of hydrogen-bond acceptors (Lipinski definition) is 4. The first-order valence-electron chi connectivity index (χ1n) is 13.9. The van der Waals surface area contributed by atoms with Crippen LogP contribution in [0.5, 0.6) is 5.75 Å². The Morgan fingerprint density at radius 2 is 1.71 bits per heavy atom. The summed E-state index contributed by atoms with van der Waals surface area (Å²) >= 11 is 19.5. The summed E-state index contributed by atoms with van der Waals surface area (Å²) in [5.41, 5.74) is 1.65. The van der Waals surface area contributed by atoms with E-state index in [0.717, 1.165) is 32.1 Å². The van der Waals surface area contributed by atoms with Crippen molar-refractivity contribution in [2.75, 3.05) is 13.2 Å². The van der Waals surface area contributed by atoms with Crippen molar-refractivity contribution in [1.29, 1.82) is 0 Å². The number of nitrogens with one attached hydrogen (secondary N) is 1. The molecule has 5 rings (SSSR count). The van der Waals surface area contributed by atoms with E-state index in [4.69, 9.17) is 39.5 Å². The van der Waals surface area contributed by atoms with E-state index in [1.54, 1.807) is 42.5 Å². The summed E-state index contributed by atoms with van der Waals surface area (Å²) in [5, 5.41) is 14.4. The predicted octanol–water partition coefficient (Wildman–Crippen LogP) is 8.15. The average molecular weight is 632 g/mol. The summed E-state index contributed by atoms with van der Waals surface area (Å²) in [5.74, 6) is -0.716. The highest BCUT2D eigenvalue weighted by Crippen LogP contribution is 2.39. The third-order valence-electron chi connectivity index (χ3n) is 7.71. The second-order valence-electron chi connectivity index (χ2n) is 10.5. The van der Waals surface area contributed by atoms with Crippen molar-refractivity contribution in [3.8, 4) is 22.6 Å². The molecule has 0 saturated heterocycles. The van der Waals surface area contributed by atoms with Gasteiger partial charge < -0.3 is 15.2 Å². The quantitative estimate of drug-likeness (QED) is 0.173.